The highest BCUT2D eigenvalue weighted by Gasteiger charge is 2.16. The summed E-state index contributed by atoms with van der Waals surface area (Å²) in [5.41, 5.74) is 4.29. The molecule has 200 valence electrons. The zero-order valence-electron chi connectivity index (χ0n) is 21.3. The minimum atomic E-state index is -3.46. The third kappa shape index (κ3) is 6.33. The van der Waals surface area contributed by atoms with Crippen molar-refractivity contribution in [3.63, 3.8) is 0 Å². The number of hydrogen-bond acceptors (Lipinski definition) is 7. The molecule has 0 radical (unpaired) electrons. The second kappa shape index (κ2) is 10.5. The molecule has 4 N–H and O–H groups in total. The van der Waals surface area contributed by atoms with Crippen LogP contribution in [0.2, 0.25) is 0 Å². The van der Waals surface area contributed by atoms with Crippen molar-refractivity contribution in [2.75, 3.05) is 21.6 Å². The standard InChI is InChI=1S/C26H26N8O4S/c1-16(2)34-14-23(25(32-34)17-4-9-21-22(12-17)29-15-28-21)31-26(35)30-18-5-7-19(8-6-18)38-20-10-11-27-24(13-20)33-39(3,36)37/h4-16H,1-3H3,(H,27,33)(H,28,29)(H2,30,31,35). The number of aromatic nitrogens is 5. The molecule has 5 aromatic rings. The maximum atomic E-state index is 12.9. The largest absolute Gasteiger partial charge is 0.457 e. The summed E-state index contributed by atoms with van der Waals surface area (Å²) in [7, 11) is -3.46. The summed E-state index contributed by atoms with van der Waals surface area (Å²) in [6.07, 6.45) is 5.91. The summed E-state index contributed by atoms with van der Waals surface area (Å²) >= 11 is 0. The van der Waals surface area contributed by atoms with E-state index in [0.29, 0.717) is 28.6 Å². The number of aromatic amines is 1. The highest BCUT2D eigenvalue weighted by Crippen LogP contribution is 2.30. The van der Waals surface area contributed by atoms with Crippen LogP contribution in [0, 0.1) is 0 Å². The predicted octanol–water partition coefficient (Wildman–Crippen LogP) is 5.21. The quantitative estimate of drug-likeness (QED) is 0.208. The van der Waals surface area contributed by atoms with Crippen LogP contribution in [-0.2, 0) is 10.0 Å². The van der Waals surface area contributed by atoms with E-state index in [9.17, 15) is 13.2 Å². The van der Waals surface area contributed by atoms with E-state index < -0.39 is 16.1 Å². The predicted molar refractivity (Wildman–Crippen MR) is 150 cm³/mol. The third-order valence-corrected chi connectivity index (χ3v) is 6.15. The van der Waals surface area contributed by atoms with Crippen molar-refractivity contribution in [2.24, 2.45) is 0 Å². The number of urea groups is 1. The van der Waals surface area contributed by atoms with Gasteiger partial charge in [-0.1, -0.05) is 6.07 Å². The van der Waals surface area contributed by atoms with Crippen molar-refractivity contribution in [1.82, 2.24) is 24.7 Å². The van der Waals surface area contributed by atoms with Crippen molar-refractivity contribution < 1.29 is 17.9 Å². The van der Waals surface area contributed by atoms with E-state index in [1.807, 2.05) is 32.0 Å². The fourth-order valence-electron chi connectivity index (χ4n) is 3.79. The maximum absolute atomic E-state index is 12.9. The molecule has 3 aromatic heterocycles. The van der Waals surface area contributed by atoms with Gasteiger partial charge in [0, 0.05) is 35.8 Å². The molecule has 0 saturated heterocycles. The lowest BCUT2D eigenvalue weighted by Crippen LogP contribution is -2.19. The number of carbonyl (C=O) groups is 1. The van der Waals surface area contributed by atoms with Crippen LogP contribution in [-0.4, -0.2) is 45.4 Å². The molecule has 0 bridgehead atoms. The fourth-order valence-corrected chi connectivity index (χ4v) is 4.28. The van der Waals surface area contributed by atoms with E-state index in [1.165, 1.54) is 12.3 Å². The molecule has 2 amide bonds. The van der Waals surface area contributed by atoms with Gasteiger partial charge < -0.3 is 20.4 Å². The minimum Gasteiger partial charge on any atom is -0.457 e. The molecule has 0 spiro atoms. The van der Waals surface area contributed by atoms with Gasteiger partial charge in [0.05, 0.1) is 29.3 Å². The van der Waals surface area contributed by atoms with Crippen LogP contribution < -0.4 is 20.1 Å². The molecule has 0 fully saturated rings. The second-order valence-corrected chi connectivity index (χ2v) is 10.8. The molecular weight excluding hydrogens is 520 g/mol. The Kier molecular flexibility index (Phi) is 6.90. The second-order valence-electron chi connectivity index (χ2n) is 9.06. The van der Waals surface area contributed by atoms with Gasteiger partial charge in [0.2, 0.25) is 10.0 Å². The molecule has 0 aliphatic heterocycles. The van der Waals surface area contributed by atoms with Crippen LogP contribution in [0.1, 0.15) is 19.9 Å². The van der Waals surface area contributed by atoms with Gasteiger partial charge in [0.15, 0.2) is 0 Å². The Morgan fingerprint density at radius 3 is 2.54 bits per heavy atom. The number of imidazole rings is 1. The lowest BCUT2D eigenvalue weighted by molar-refractivity contribution is 0.262. The first-order valence-electron chi connectivity index (χ1n) is 12.0. The van der Waals surface area contributed by atoms with Gasteiger partial charge in [-0.15, -0.1) is 0 Å². The van der Waals surface area contributed by atoms with E-state index >= 15 is 0 Å². The number of nitrogens with zero attached hydrogens (tertiary/aromatic N) is 4. The van der Waals surface area contributed by atoms with E-state index in [1.54, 1.807) is 47.5 Å². The maximum Gasteiger partial charge on any atom is 0.323 e. The molecule has 3 heterocycles. The normalized spacial score (nSPS) is 11.5. The lowest BCUT2D eigenvalue weighted by atomic mass is 10.1. The molecule has 39 heavy (non-hydrogen) atoms. The van der Waals surface area contributed by atoms with Gasteiger partial charge in [-0.25, -0.2) is 23.2 Å². The van der Waals surface area contributed by atoms with Gasteiger partial charge in [0.25, 0.3) is 0 Å². The number of fused-ring (bicyclic) bond motifs is 1. The lowest BCUT2D eigenvalue weighted by Gasteiger charge is -2.10. The molecule has 2 aromatic carbocycles. The molecule has 0 aliphatic carbocycles. The highest BCUT2D eigenvalue weighted by molar-refractivity contribution is 7.92. The Bertz CT molecular complexity index is 1740. The highest BCUT2D eigenvalue weighted by atomic mass is 32.2. The number of nitrogens with one attached hydrogen (secondary N) is 4. The van der Waals surface area contributed by atoms with Crippen LogP contribution >= 0.6 is 0 Å². The van der Waals surface area contributed by atoms with Gasteiger partial charge >= 0.3 is 6.03 Å². The Labute approximate surface area is 224 Å². The van der Waals surface area contributed by atoms with E-state index in [-0.39, 0.29) is 11.9 Å². The van der Waals surface area contributed by atoms with Crippen molar-refractivity contribution in [2.45, 2.75) is 19.9 Å². The van der Waals surface area contributed by atoms with Gasteiger partial charge in [-0.3, -0.25) is 9.40 Å². The van der Waals surface area contributed by atoms with E-state index in [0.717, 1.165) is 22.9 Å². The SMILES string of the molecule is CC(C)n1cc(NC(=O)Nc2ccc(Oc3ccnc(NS(C)(=O)=O)c3)cc2)c(-c2ccc3[nH]cnc3c2)n1. The number of H-pyrrole nitrogens is 1. The average molecular weight is 547 g/mol. The third-order valence-electron chi connectivity index (χ3n) is 5.57. The molecule has 0 unspecified atom stereocenters. The Morgan fingerprint density at radius 2 is 1.79 bits per heavy atom. The Balaban J connectivity index is 1.27. The van der Waals surface area contributed by atoms with Crippen molar-refractivity contribution in [3.05, 3.63) is 73.3 Å². The Morgan fingerprint density at radius 1 is 1.00 bits per heavy atom. The molecular formula is C26H26N8O4S. The molecule has 5 rings (SSSR count). The zero-order valence-corrected chi connectivity index (χ0v) is 22.2. The van der Waals surface area contributed by atoms with Gasteiger partial charge in [-0.05, 0) is 56.3 Å². The van der Waals surface area contributed by atoms with Gasteiger partial charge in [-0.2, -0.15) is 5.10 Å². The van der Waals surface area contributed by atoms with Crippen molar-refractivity contribution in [1.29, 1.82) is 0 Å². The van der Waals surface area contributed by atoms with E-state index in [4.69, 9.17) is 4.74 Å². The summed E-state index contributed by atoms with van der Waals surface area (Å²) in [4.78, 5) is 24.2. The van der Waals surface area contributed by atoms with Crippen LogP contribution in [0.15, 0.2) is 73.3 Å². The first kappa shape index (κ1) is 25.7. The summed E-state index contributed by atoms with van der Waals surface area (Å²) in [6.45, 7) is 4.02. The summed E-state index contributed by atoms with van der Waals surface area (Å²) in [5, 5.41) is 10.4. The van der Waals surface area contributed by atoms with Crippen LogP contribution in [0.5, 0.6) is 11.5 Å². The summed E-state index contributed by atoms with van der Waals surface area (Å²) < 4.78 is 32.7. The first-order valence-corrected chi connectivity index (χ1v) is 13.8. The number of carbonyl (C=O) groups excluding carboxylic acids is 1. The van der Waals surface area contributed by atoms with E-state index in [2.05, 4.69) is 35.4 Å². The summed E-state index contributed by atoms with van der Waals surface area (Å²) in [5.74, 6) is 1.04. The monoisotopic (exact) mass is 546 g/mol. The number of benzene rings is 2. The number of hydrogen-bond donors (Lipinski definition) is 4. The number of pyridine rings is 1. The summed E-state index contributed by atoms with van der Waals surface area (Å²) in [6, 6.07) is 15.3. The number of ether oxygens (including phenoxy) is 1. The topological polar surface area (TPSA) is 156 Å². The van der Waals surface area contributed by atoms with Gasteiger partial charge in [0.1, 0.15) is 23.0 Å². The number of amides is 2. The number of sulfonamides is 1. The molecule has 0 atom stereocenters. The number of anilines is 3. The van der Waals surface area contributed by atoms with Crippen molar-refractivity contribution in [3.8, 4) is 22.8 Å². The molecule has 0 aliphatic rings. The Hall–Kier alpha value is -4.91. The molecule has 13 heteroatoms. The van der Waals surface area contributed by atoms with Crippen LogP contribution in [0.4, 0.5) is 22.0 Å². The smallest absolute Gasteiger partial charge is 0.323 e. The molecule has 12 nitrogen and oxygen atoms in total. The number of rotatable bonds is 8. The van der Waals surface area contributed by atoms with Crippen LogP contribution in [0.3, 0.4) is 0 Å². The van der Waals surface area contributed by atoms with Crippen LogP contribution in [0.25, 0.3) is 22.3 Å². The minimum absolute atomic E-state index is 0.0997. The molecule has 0 saturated carbocycles. The van der Waals surface area contributed by atoms with Crippen molar-refractivity contribution >= 4 is 44.3 Å². The zero-order chi connectivity index (χ0) is 27.6. The first-order chi connectivity index (χ1) is 18.6. The fraction of sp³-hybridized carbons (Fsp3) is 0.154. The average Bonchev–Trinajstić information content (AvgIpc) is 3.51.